The molecule has 1 saturated carbocycles. The van der Waals surface area contributed by atoms with E-state index in [1.165, 1.54) is 32.2 Å². The molecule has 0 aromatic heterocycles. The molecule has 0 aromatic rings. The van der Waals surface area contributed by atoms with E-state index in [0.29, 0.717) is 11.8 Å². The van der Waals surface area contributed by atoms with E-state index in [0.717, 1.165) is 26.1 Å². The smallest absolute Gasteiger partial charge is 0.139 e. The first-order valence-corrected chi connectivity index (χ1v) is 6.85. The van der Waals surface area contributed by atoms with Gasteiger partial charge in [0.1, 0.15) is 5.84 Å². The number of likely N-dealkylation sites (tertiary alicyclic amines) is 1. The van der Waals surface area contributed by atoms with E-state index in [-0.39, 0.29) is 5.41 Å². The SMILES string of the molecule is COCC1CCCN(CC2(CC(N)=NO)CC2)C1. The Morgan fingerprint density at radius 2 is 2.33 bits per heavy atom. The summed E-state index contributed by atoms with van der Waals surface area (Å²) in [5, 5.41) is 11.8. The van der Waals surface area contributed by atoms with E-state index in [2.05, 4.69) is 10.1 Å². The van der Waals surface area contributed by atoms with Crippen LogP contribution in [0.15, 0.2) is 5.16 Å². The summed E-state index contributed by atoms with van der Waals surface area (Å²) < 4.78 is 5.26. The third-order valence-electron chi connectivity index (χ3n) is 4.21. The van der Waals surface area contributed by atoms with Crippen LogP contribution in [0, 0.1) is 11.3 Å². The summed E-state index contributed by atoms with van der Waals surface area (Å²) in [7, 11) is 1.78. The number of nitrogens with two attached hydrogens (primary N) is 1. The van der Waals surface area contributed by atoms with Gasteiger partial charge in [-0.3, -0.25) is 0 Å². The summed E-state index contributed by atoms with van der Waals surface area (Å²) in [6.45, 7) is 4.26. The zero-order valence-corrected chi connectivity index (χ0v) is 11.3. The Morgan fingerprint density at radius 1 is 1.56 bits per heavy atom. The molecule has 2 aliphatic rings. The zero-order valence-electron chi connectivity index (χ0n) is 11.3. The molecule has 104 valence electrons. The molecule has 1 saturated heterocycles. The van der Waals surface area contributed by atoms with Gasteiger partial charge in [-0.2, -0.15) is 0 Å². The first kappa shape index (κ1) is 13.6. The summed E-state index contributed by atoms with van der Waals surface area (Å²) in [5.41, 5.74) is 5.92. The van der Waals surface area contributed by atoms with Crippen molar-refractivity contribution in [1.82, 2.24) is 4.90 Å². The number of methoxy groups -OCH3 is 1. The lowest BCUT2D eigenvalue weighted by molar-refractivity contribution is 0.0805. The third-order valence-corrected chi connectivity index (χ3v) is 4.21. The summed E-state index contributed by atoms with van der Waals surface area (Å²) >= 11 is 0. The van der Waals surface area contributed by atoms with Crippen LogP contribution in [0.5, 0.6) is 0 Å². The molecule has 2 fully saturated rings. The molecule has 1 aliphatic heterocycles. The van der Waals surface area contributed by atoms with Crippen molar-refractivity contribution in [3.8, 4) is 0 Å². The average Bonchev–Trinajstić information content (AvgIpc) is 3.09. The fraction of sp³-hybridized carbons (Fsp3) is 0.923. The highest BCUT2D eigenvalue weighted by Crippen LogP contribution is 2.49. The predicted octanol–water partition coefficient (Wildman–Crippen LogP) is 1.26. The van der Waals surface area contributed by atoms with Crippen LogP contribution in [-0.4, -0.2) is 49.3 Å². The number of nitrogens with zero attached hydrogens (tertiary/aromatic N) is 2. The Kier molecular flexibility index (Phi) is 4.45. The molecule has 5 nitrogen and oxygen atoms in total. The van der Waals surface area contributed by atoms with Gasteiger partial charge in [0.2, 0.25) is 0 Å². The minimum atomic E-state index is 0.283. The van der Waals surface area contributed by atoms with Gasteiger partial charge >= 0.3 is 0 Å². The molecule has 0 aromatic carbocycles. The molecule has 2 rings (SSSR count). The van der Waals surface area contributed by atoms with Crippen LogP contribution in [0.25, 0.3) is 0 Å². The second-order valence-electron chi connectivity index (χ2n) is 5.97. The lowest BCUT2D eigenvalue weighted by atomic mass is 9.95. The molecule has 0 radical (unpaired) electrons. The van der Waals surface area contributed by atoms with Gasteiger partial charge in [0.05, 0.1) is 6.61 Å². The van der Waals surface area contributed by atoms with Crippen molar-refractivity contribution in [2.75, 3.05) is 33.4 Å². The Bertz CT molecular complexity index is 301. The van der Waals surface area contributed by atoms with Gasteiger partial charge in [-0.1, -0.05) is 5.16 Å². The molecule has 0 bridgehead atoms. The standard InChI is InChI=1S/C13H25N3O2/c1-18-9-11-3-2-6-16(8-11)10-13(4-5-13)7-12(14)15-17/h11,17H,2-10H2,1H3,(H2,14,15). The quantitative estimate of drug-likeness (QED) is 0.324. The Hall–Kier alpha value is -0.810. The number of hydrogen-bond donors (Lipinski definition) is 2. The Balaban J connectivity index is 1.82. The van der Waals surface area contributed by atoms with Gasteiger partial charge < -0.3 is 20.6 Å². The molecule has 1 heterocycles. The van der Waals surface area contributed by atoms with Gasteiger partial charge in [-0.25, -0.2) is 0 Å². The molecule has 1 unspecified atom stereocenters. The summed E-state index contributed by atoms with van der Waals surface area (Å²) in [5.74, 6) is 1.04. The highest BCUT2D eigenvalue weighted by atomic mass is 16.5. The van der Waals surface area contributed by atoms with Crippen molar-refractivity contribution in [1.29, 1.82) is 0 Å². The maximum atomic E-state index is 8.68. The van der Waals surface area contributed by atoms with Gasteiger partial charge in [-0.05, 0) is 43.6 Å². The minimum Gasteiger partial charge on any atom is -0.409 e. The molecule has 0 amide bonds. The van der Waals surface area contributed by atoms with E-state index in [4.69, 9.17) is 15.7 Å². The number of amidine groups is 1. The van der Waals surface area contributed by atoms with E-state index < -0.39 is 0 Å². The van der Waals surface area contributed by atoms with Crippen LogP contribution in [-0.2, 0) is 4.74 Å². The minimum absolute atomic E-state index is 0.283. The van der Waals surface area contributed by atoms with Gasteiger partial charge in [-0.15, -0.1) is 0 Å². The number of ether oxygens (including phenoxy) is 1. The van der Waals surface area contributed by atoms with Crippen molar-refractivity contribution in [3.05, 3.63) is 0 Å². The third kappa shape index (κ3) is 3.59. The van der Waals surface area contributed by atoms with Crippen LogP contribution in [0.2, 0.25) is 0 Å². The summed E-state index contributed by atoms with van der Waals surface area (Å²) in [6.07, 6.45) is 5.67. The van der Waals surface area contributed by atoms with Crippen molar-refractivity contribution < 1.29 is 9.94 Å². The largest absolute Gasteiger partial charge is 0.409 e. The molecular weight excluding hydrogens is 230 g/mol. The second kappa shape index (κ2) is 5.89. The lowest BCUT2D eigenvalue weighted by Gasteiger charge is -2.34. The van der Waals surface area contributed by atoms with Crippen LogP contribution in [0.3, 0.4) is 0 Å². The first-order chi connectivity index (χ1) is 8.67. The predicted molar refractivity (Wildman–Crippen MR) is 70.7 cm³/mol. The van der Waals surface area contributed by atoms with Crippen LogP contribution in [0.4, 0.5) is 0 Å². The van der Waals surface area contributed by atoms with Crippen molar-refractivity contribution in [2.45, 2.75) is 32.1 Å². The molecule has 18 heavy (non-hydrogen) atoms. The first-order valence-electron chi connectivity index (χ1n) is 6.85. The molecule has 1 atom stereocenters. The fourth-order valence-electron chi connectivity index (χ4n) is 3.13. The highest BCUT2D eigenvalue weighted by molar-refractivity contribution is 5.80. The molecule has 1 aliphatic carbocycles. The van der Waals surface area contributed by atoms with Crippen LogP contribution < -0.4 is 5.73 Å². The normalized spacial score (nSPS) is 28.3. The summed E-state index contributed by atoms with van der Waals surface area (Å²) in [4.78, 5) is 2.53. The van der Waals surface area contributed by atoms with Gasteiger partial charge in [0.25, 0.3) is 0 Å². The number of rotatable bonds is 6. The van der Waals surface area contributed by atoms with E-state index in [9.17, 15) is 0 Å². The van der Waals surface area contributed by atoms with Gasteiger partial charge in [0, 0.05) is 26.6 Å². The fourth-order valence-corrected chi connectivity index (χ4v) is 3.13. The van der Waals surface area contributed by atoms with Gasteiger partial charge in [0.15, 0.2) is 0 Å². The van der Waals surface area contributed by atoms with Crippen molar-refractivity contribution >= 4 is 5.84 Å². The second-order valence-corrected chi connectivity index (χ2v) is 5.97. The van der Waals surface area contributed by atoms with E-state index in [1.54, 1.807) is 7.11 Å². The average molecular weight is 255 g/mol. The van der Waals surface area contributed by atoms with Crippen molar-refractivity contribution in [3.63, 3.8) is 0 Å². The highest BCUT2D eigenvalue weighted by Gasteiger charge is 2.44. The molecule has 0 spiro atoms. The maximum absolute atomic E-state index is 8.68. The van der Waals surface area contributed by atoms with Crippen molar-refractivity contribution in [2.24, 2.45) is 22.2 Å². The number of oxime groups is 1. The number of piperidine rings is 1. The molecule has 5 heteroatoms. The lowest BCUT2D eigenvalue weighted by Crippen LogP contribution is -2.41. The molecular formula is C13H25N3O2. The van der Waals surface area contributed by atoms with Crippen LogP contribution in [0.1, 0.15) is 32.1 Å². The Labute approximate surface area is 109 Å². The van der Waals surface area contributed by atoms with Crippen LogP contribution >= 0.6 is 0 Å². The molecule has 3 N–H and O–H groups in total. The zero-order chi connectivity index (χ0) is 13.0. The van der Waals surface area contributed by atoms with E-state index >= 15 is 0 Å². The maximum Gasteiger partial charge on any atom is 0.139 e. The monoisotopic (exact) mass is 255 g/mol. The van der Waals surface area contributed by atoms with E-state index in [1.807, 2.05) is 0 Å². The number of hydrogen-bond acceptors (Lipinski definition) is 4. The topological polar surface area (TPSA) is 71.1 Å². The summed E-state index contributed by atoms with van der Waals surface area (Å²) in [6, 6.07) is 0. The Morgan fingerprint density at radius 3 is 2.94 bits per heavy atom.